The van der Waals surface area contributed by atoms with Crippen molar-refractivity contribution in [1.29, 1.82) is 0 Å². The lowest BCUT2D eigenvalue weighted by Gasteiger charge is -2.11. The summed E-state index contributed by atoms with van der Waals surface area (Å²) in [7, 11) is 2.74. The summed E-state index contributed by atoms with van der Waals surface area (Å²) >= 11 is 1.28. The van der Waals surface area contributed by atoms with Gasteiger partial charge in [0.05, 0.1) is 26.0 Å². The molecule has 0 aliphatic heterocycles. The molecule has 2 amide bonds. The van der Waals surface area contributed by atoms with Crippen LogP contribution in [0.4, 0.5) is 5.00 Å². The van der Waals surface area contributed by atoms with Gasteiger partial charge in [0.2, 0.25) is 0 Å². The number of esters is 2. The van der Waals surface area contributed by atoms with E-state index in [9.17, 15) is 19.2 Å². The molecule has 0 fully saturated rings. The number of carbonyl (C=O) groups is 4. The van der Waals surface area contributed by atoms with Crippen molar-refractivity contribution in [2.75, 3.05) is 19.5 Å². The van der Waals surface area contributed by atoms with Gasteiger partial charge in [0.15, 0.2) is 0 Å². The van der Waals surface area contributed by atoms with Crippen LogP contribution < -0.4 is 20.2 Å². The van der Waals surface area contributed by atoms with E-state index in [4.69, 9.17) is 14.2 Å². The monoisotopic (exact) mass is 535 g/mol. The zero-order valence-corrected chi connectivity index (χ0v) is 21.6. The van der Waals surface area contributed by atoms with E-state index in [0.717, 1.165) is 36.1 Å². The SMILES string of the molecule is COC(=O)c1c(NC(=O)C(=O)NN=Cc2cccc(OC(=O)c3ccccc3OC)c2)sc2c1CCCC2. The van der Waals surface area contributed by atoms with Gasteiger partial charge < -0.3 is 19.5 Å². The molecule has 1 aliphatic rings. The van der Waals surface area contributed by atoms with E-state index < -0.39 is 23.8 Å². The highest BCUT2D eigenvalue weighted by Crippen LogP contribution is 2.38. The first-order valence-corrected chi connectivity index (χ1v) is 12.6. The van der Waals surface area contributed by atoms with Gasteiger partial charge in [-0.2, -0.15) is 5.10 Å². The molecule has 38 heavy (non-hydrogen) atoms. The molecule has 196 valence electrons. The normalized spacial score (nSPS) is 12.4. The van der Waals surface area contributed by atoms with Crippen LogP contribution in [0, 0.1) is 0 Å². The summed E-state index contributed by atoms with van der Waals surface area (Å²) in [6, 6.07) is 13.1. The maximum Gasteiger partial charge on any atom is 0.347 e. The van der Waals surface area contributed by atoms with E-state index in [-0.39, 0.29) is 16.3 Å². The molecule has 3 aromatic rings. The summed E-state index contributed by atoms with van der Waals surface area (Å²) in [5.41, 5.74) is 4.11. The Hall–Kier alpha value is -4.51. The first-order chi connectivity index (χ1) is 18.4. The van der Waals surface area contributed by atoms with E-state index in [1.807, 2.05) is 0 Å². The smallest absolute Gasteiger partial charge is 0.347 e. The number of aryl methyl sites for hydroxylation is 1. The highest BCUT2D eigenvalue weighted by atomic mass is 32.1. The van der Waals surface area contributed by atoms with E-state index in [2.05, 4.69) is 15.8 Å². The number of para-hydroxylation sites is 1. The standard InChI is InChI=1S/C27H25N3O7S/c1-35-20-12-5-3-10-18(20)26(33)37-17-9-7-8-16(14-17)15-28-30-24(32)23(31)29-25-22(27(34)36-2)19-11-4-6-13-21(19)38-25/h3,5,7-10,12,14-15H,4,6,11,13H2,1-2H3,(H,29,31)(H,30,32). The molecule has 11 heteroatoms. The lowest BCUT2D eigenvalue weighted by molar-refractivity contribution is -0.136. The summed E-state index contributed by atoms with van der Waals surface area (Å²) in [6.07, 6.45) is 4.77. The second kappa shape index (κ2) is 12.2. The van der Waals surface area contributed by atoms with Gasteiger partial charge in [-0.05, 0) is 61.1 Å². The minimum atomic E-state index is -1.01. The van der Waals surface area contributed by atoms with Crippen LogP contribution in [0.5, 0.6) is 11.5 Å². The van der Waals surface area contributed by atoms with Crippen LogP contribution in [0.1, 0.15) is 49.6 Å². The number of hydrogen-bond donors (Lipinski definition) is 2. The van der Waals surface area contributed by atoms with Crippen molar-refractivity contribution in [2.24, 2.45) is 5.10 Å². The molecule has 0 unspecified atom stereocenters. The summed E-state index contributed by atoms with van der Waals surface area (Å²) in [6.45, 7) is 0. The molecule has 1 aromatic heterocycles. The fourth-order valence-corrected chi connectivity index (χ4v) is 5.25. The van der Waals surface area contributed by atoms with Crippen molar-refractivity contribution < 1.29 is 33.4 Å². The number of nitrogens with zero attached hydrogens (tertiary/aromatic N) is 1. The van der Waals surface area contributed by atoms with Crippen LogP contribution in [-0.2, 0) is 27.2 Å². The molecular formula is C27H25N3O7S. The van der Waals surface area contributed by atoms with Crippen LogP contribution in [0.25, 0.3) is 0 Å². The van der Waals surface area contributed by atoms with Gasteiger partial charge in [0, 0.05) is 4.88 Å². The van der Waals surface area contributed by atoms with Crippen molar-refractivity contribution in [3.8, 4) is 11.5 Å². The Bertz CT molecular complexity index is 1410. The predicted octanol–water partition coefficient (Wildman–Crippen LogP) is 3.73. The van der Waals surface area contributed by atoms with Gasteiger partial charge in [-0.3, -0.25) is 9.59 Å². The molecule has 4 rings (SSSR count). The maximum atomic E-state index is 12.5. The predicted molar refractivity (Wildman–Crippen MR) is 141 cm³/mol. The molecule has 0 bridgehead atoms. The molecule has 1 aliphatic carbocycles. The van der Waals surface area contributed by atoms with Crippen LogP contribution in [-0.4, -0.2) is 44.2 Å². The van der Waals surface area contributed by atoms with Crippen LogP contribution in [0.2, 0.25) is 0 Å². The molecule has 0 atom stereocenters. The second-order valence-corrected chi connectivity index (χ2v) is 9.33. The Kier molecular flexibility index (Phi) is 8.49. The Morgan fingerprint density at radius 2 is 1.74 bits per heavy atom. The highest BCUT2D eigenvalue weighted by Gasteiger charge is 2.28. The quantitative estimate of drug-likeness (QED) is 0.155. The fraction of sp³-hybridized carbons (Fsp3) is 0.222. The van der Waals surface area contributed by atoms with Crippen LogP contribution in [0.15, 0.2) is 53.6 Å². The minimum Gasteiger partial charge on any atom is -0.496 e. The van der Waals surface area contributed by atoms with Crippen molar-refractivity contribution in [2.45, 2.75) is 25.7 Å². The van der Waals surface area contributed by atoms with Gasteiger partial charge in [-0.1, -0.05) is 24.3 Å². The van der Waals surface area contributed by atoms with Crippen molar-refractivity contribution in [3.05, 3.63) is 75.7 Å². The number of hydrazone groups is 1. The summed E-state index contributed by atoms with van der Waals surface area (Å²) < 4.78 is 15.5. The number of carbonyl (C=O) groups excluding carboxylic acids is 4. The van der Waals surface area contributed by atoms with E-state index in [1.54, 1.807) is 48.5 Å². The zero-order valence-electron chi connectivity index (χ0n) is 20.7. The third-order valence-electron chi connectivity index (χ3n) is 5.77. The molecule has 0 spiro atoms. The Balaban J connectivity index is 1.38. The molecule has 0 saturated heterocycles. The molecular weight excluding hydrogens is 510 g/mol. The molecule has 10 nitrogen and oxygen atoms in total. The van der Waals surface area contributed by atoms with E-state index >= 15 is 0 Å². The number of fused-ring (bicyclic) bond motifs is 1. The topological polar surface area (TPSA) is 132 Å². The fourth-order valence-electron chi connectivity index (χ4n) is 3.98. The van der Waals surface area contributed by atoms with Gasteiger partial charge in [-0.15, -0.1) is 11.3 Å². The Morgan fingerprint density at radius 3 is 2.53 bits per heavy atom. The largest absolute Gasteiger partial charge is 0.496 e. The van der Waals surface area contributed by atoms with Gasteiger partial charge in [-0.25, -0.2) is 15.0 Å². The number of hydrogen-bond acceptors (Lipinski definition) is 9. The summed E-state index contributed by atoms with van der Waals surface area (Å²) in [5.74, 6) is -2.48. The van der Waals surface area contributed by atoms with E-state index in [0.29, 0.717) is 16.9 Å². The van der Waals surface area contributed by atoms with Crippen LogP contribution in [0.3, 0.4) is 0 Å². The summed E-state index contributed by atoms with van der Waals surface area (Å²) in [4.78, 5) is 50.7. The lowest BCUT2D eigenvalue weighted by Crippen LogP contribution is -2.32. The second-order valence-electron chi connectivity index (χ2n) is 8.22. The highest BCUT2D eigenvalue weighted by molar-refractivity contribution is 7.17. The lowest BCUT2D eigenvalue weighted by atomic mass is 9.95. The minimum absolute atomic E-state index is 0.255. The van der Waals surface area contributed by atoms with Gasteiger partial charge >= 0.3 is 23.8 Å². The third-order valence-corrected chi connectivity index (χ3v) is 6.98. The van der Waals surface area contributed by atoms with Gasteiger partial charge in [0.25, 0.3) is 0 Å². The number of rotatable bonds is 7. The first kappa shape index (κ1) is 26.6. The number of benzene rings is 2. The zero-order chi connectivity index (χ0) is 27.1. The average Bonchev–Trinajstić information content (AvgIpc) is 3.30. The van der Waals surface area contributed by atoms with Crippen molar-refractivity contribution >= 4 is 46.3 Å². The number of anilines is 1. The Labute approximate surface area is 222 Å². The molecule has 1 heterocycles. The average molecular weight is 536 g/mol. The number of methoxy groups -OCH3 is 2. The third kappa shape index (κ3) is 6.06. The summed E-state index contributed by atoms with van der Waals surface area (Å²) in [5, 5.41) is 6.62. The van der Waals surface area contributed by atoms with Crippen molar-refractivity contribution in [1.82, 2.24) is 5.43 Å². The Morgan fingerprint density at radius 1 is 0.947 bits per heavy atom. The molecule has 2 aromatic carbocycles. The number of nitrogens with one attached hydrogen (secondary N) is 2. The number of thiophene rings is 1. The molecule has 0 radical (unpaired) electrons. The maximum absolute atomic E-state index is 12.5. The number of ether oxygens (including phenoxy) is 3. The first-order valence-electron chi connectivity index (χ1n) is 11.7. The number of amides is 2. The molecule has 2 N–H and O–H groups in total. The van der Waals surface area contributed by atoms with Crippen molar-refractivity contribution in [3.63, 3.8) is 0 Å². The van der Waals surface area contributed by atoms with Crippen LogP contribution >= 0.6 is 11.3 Å². The molecule has 0 saturated carbocycles. The van der Waals surface area contributed by atoms with E-state index in [1.165, 1.54) is 31.8 Å². The van der Waals surface area contributed by atoms with Gasteiger partial charge in [0.1, 0.15) is 22.1 Å².